The highest BCUT2D eigenvalue weighted by Gasteiger charge is 2.41. The number of sulfonamides is 1. The smallest absolute Gasteiger partial charge is 0.243 e. The summed E-state index contributed by atoms with van der Waals surface area (Å²) < 4.78 is 27.1. The summed E-state index contributed by atoms with van der Waals surface area (Å²) >= 11 is 0. The maximum atomic E-state index is 12.8. The Hall–Kier alpha value is -1.13. The molecular weight excluding hydrogens is 310 g/mol. The molecule has 3 rings (SSSR count). The normalized spacial score (nSPS) is 25.1. The number of fused-ring (bicyclic) bond motifs is 1. The molecule has 1 N–H and O–H groups in total. The van der Waals surface area contributed by atoms with Crippen LogP contribution >= 0.6 is 12.4 Å². The number of nitriles is 1. The van der Waals surface area contributed by atoms with Crippen LogP contribution in [0.3, 0.4) is 0 Å². The highest BCUT2D eigenvalue weighted by atomic mass is 35.5. The summed E-state index contributed by atoms with van der Waals surface area (Å²) in [6, 6.07) is 6.84. The van der Waals surface area contributed by atoms with Crippen molar-refractivity contribution in [1.29, 1.82) is 5.26 Å². The van der Waals surface area contributed by atoms with E-state index in [2.05, 4.69) is 5.32 Å². The number of nitrogens with one attached hydrogen (secondary N) is 1. The molecule has 1 aromatic carbocycles. The van der Waals surface area contributed by atoms with Gasteiger partial charge >= 0.3 is 0 Å². The van der Waals surface area contributed by atoms with Crippen molar-refractivity contribution in [3.8, 4) is 6.07 Å². The third-order valence-corrected chi connectivity index (χ3v) is 6.26. The Kier molecular flexibility index (Phi) is 4.59. The quantitative estimate of drug-likeness (QED) is 0.883. The van der Waals surface area contributed by atoms with Crippen LogP contribution in [0.5, 0.6) is 0 Å². The summed E-state index contributed by atoms with van der Waals surface area (Å²) in [5.41, 5.74) is 1.08. The molecular formula is C14H18ClN3O2S. The molecule has 0 bridgehead atoms. The second kappa shape index (κ2) is 5.93. The van der Waals surface area contributed by atoms with E-state index in [4.69, 9.17) is 5.26 Å². The maximum absolute atomic E-state index is 12.8. The minimum absolute atomic E-state index is 0. The van der Waals surface area contributed by atoms with Crippen LogP contribution in [0.1, 0.15) is 11.1 Å². The van der Waals surface area contributed by atoms with E-state index < -0.39 is 10.0 Å². The molecule has 0 unspecified atom stereocenters. The Balaban J connectivity index is 0.00000161. The van der Waals surface area contributed by atoms with Gasteiger partial charge in [0.15, 0.2) is 0 Å². The van der Waals surface area contributed by atoms with E-state index in [9.17, 15) is 8.42 Å². The van der Waals surface area contributed by atoms with Crippen LogP contribution in [-0.4, -0.2) is 38.9 Å². The van der Waals surface area contributed by atoms with Gasteiger partial charge < -0.3 is 5.32 Å². The van der Waals surface area contributed by atoms with Gasteiger partial charge in [-0.3, -0.25) is 0 Å². The van der Waals surface area contributed by atoms with Gasteiger partial charge in [0.1, 0.15) is 0 Å². The fraction of sp³-hybridized carbons (Fsp3) is 0.500. The standard InChI is InChI=1S/C14H17N3O2S.ClH/c1-10-2-3-11(5-15)4-14(10)20(18,19)17-8-12-6-16-7-13(12)9-17;/h2-4,12-13,16H,6-9H2,1H3;1H/t12-,13+;. The second-order valence-corrected chi connectivity index (χ2v) is 7.50. The summed E-state index contributed by atoms with van der Waals surface area (Å²) in [4.78, 5) is 0.268. The van der Waals surface area contributed by atoms with Crippen LogP contribution in [-0.2, 0) is 10.0 Å². The van der Waals surface area contributed by atoms with Crippen LogP contribution < -0.4 is 5.32 Å². The SMILES string of the molecule is Cc1ccc(C#N)cc1S(=O)(=O)N1C[C@H]2CNC[C@H]2C1.Cl. The number of nitrogens with zero attached hydrogens (tertiary/aromatic N) is 2. The van der Waals surface area contributed by atoms with Crippen molar-refractivity contribution in [3.05, 3.63) is 29.3 Å². The third kappa shape index (κ3) is 2.79. The molecule has 7 heteroatoms. The summed E-state index contributed by atoms with van der Waals surface area (Å²) in [5, 5.41) is 12.2. The molecule has 0 radical (unpaired) electrons. The molecule has 5 nitrogen and oxygen atoms in total. The molecule has 1 aromatic rings. The molecule has 2 heterocycles. The second-order valence-electron chi connectivity index (χ2n) is 5.59. The van der Waals surface area contributed by atoms with Crippen molar-refractivity contribution in [3.63, 3.8) is 0 Å². The van der Waals surface area contributed by atoms with Crippen molar-refractivity contribution < 1.29 is 8.42 Å². The van der Waals surface area contributed by atoms with Gasteiger partial charge in [-0.05, 0) is 49.5 Å². The van der Waals surface area contributed by atoms with Gasteiger partial charge in [0.25, 0.3) is 0 Å². The molecule has 2 fully saturated rings. The number of benzene rings is 1. The van der Waals surface area contributed by atoms with E-state index >= 15 is 0 Å². The lowest BCUT2D eigenvalue weighted by Crippen LogP contribution is -2.32. The predicted molar refractivity (Wildman–Crippen MR) is 81.8 cm³/mol. The minimum atomic E-state index is -3.49. The molecule has 114 valence electrons. The first-order valence-corrected chi connectivity index (χ1v) is 8.18. The van der Waals surface area contributed by atoms with Crippen LogP contribution in [0.4, 0.5) is 0 Å². The van der Waals surface area contributed by atoms with Crippen molar-refractivity contribution >= 4 is 22.4 Å². The molecule has 2 atom stereocenters. The van der Waals surface area contributed by atoms with Crippen LogP contribution in [0.2, 0.25) is 0 Å². The Bertz CT molecular complexity index is 672. The summed E-state index contributed by atoms with van der Waals surface area (Å²) in [6.45, 7) is 4.72. The summed E-state index contributed by atoms with van der Waals surface area (Å²) in [6.07, 6.45) is 0. The van der Waals surface area contributed by atoms with E-state index in [-0.39, 0.29) is 17.3 Å². The molecule has 0 aromatic heterocycles. The zero-order chi connectivity index (χ0) is 14.3. The molecule has 0 saturated carbocycles. The lowest BCUT2D eigenvalue weighted by molar-refractivity contribution is 0.447. The van der Waals surface area contributed by atoms with Gasteiger partial charge in [-0.1, -0.05) is 6.07 Å². The molecule has 21 heavy (non-hydrogen) atoms. The third-order valence-electron chi connectivity index (χ3n) is 4.29. The first-order valence-electron chi connectivity index (χ1n) is 6.74. The zero-order valence-electron chi connectivity index (χ0n) is 11.7. The van der Waals surface area contributed by atoms with E-state index in [0.717, 1.165) is 13.1 Å². The maximum Gasteiger partial charge on any atom is 0.243 e. The Morgan fingerprint density at radius 2 is 1.90 bits per heavy atom. The molecule has 0 amide bonds. The van der Waals surface area contributed by atoms with Gasteiger partial charge in [-0.15, -0.1) is 12.4 Å². The van der Waals surface area contributed by atoms with Gasteiger partial charge in [-0.25, -0.2) is 8.42 Å². The van der Waals surface area contributed by atoms with E-state index in [1.807, 2.05) is 6.07 Å². The van der Waals surface area contributed by atoms with E-state index in [1.165, 1.54) is 6.07 Å². The fourth-order valence-electron chi connectivity index (χ4n) is 3.10. The lowest BCUT2D eigenvalue weighted by atomic mass is 10.0. The van der Waals surface area contributed by atoms with Crippen LogP contribution in [0.25, 0.3) is 0 Å². The molecule has 0 aliphatic carbocycles. The van der Waals surface area contributed by atoms with Crippen molar-refractivity contribution in [2.75, 3.05) is 26.2 Å². The number of halogens is 1. The zero-order valence-corrected chi connectivity index (χ0v) is 13.4. The largest absolute Gasteiger partial charge is 0.316 e. The van der Waals surface area contributed by atoms with E-state index in [1.54, 1.807) is 23.4 Å². The Morgan fingerprint density at radius 1 is 1.29 bits per heavy atom. The first-order chi connectivity index (χ1) is 9.52. The fourth-order valence-corrected chi connectivity index (χ4v) is 4.90. The van der Waals surface area contributed by atoms with Crippen molar-refractivity contribution in [1.82, 2.24) is 9.62 Å². The van der Waals surface area contributed by atoms with E-state index in [0.29, 0.717) is 36.1 Å². The highest BCUT2D eigenvalue weighted by molar-refractivity contribution is 7.89. The molecule has 0 spiro atoms. The van der Waals surface area contributed by atoms with Gasteiger partial charge in [0.2, 0.25) is 10.0 Å². The molecule has 2 aliphatic rings. The average molecular weight is 328 g/mol. The van der Waals surface area contributed by atoms with Crippen LogP contribution in [0, 0.1) is 30.1 Å². The minimum Gasteiger partial charge on any atom is -0.316 e. The van der Waals surface area contributed by atoms with Gasteiger partial charge in [0.05, 0.1) is 16.5 Å². The average Bonchev–Trinajstić information content (AvgIpc) is 3.00. The van der Waals surface area contributed by atoms with Crippen LogP contribution in [0.15, 0.2) is 23.1 Å². The van der Waals surface area contributed by atoms with Gasteiger partial charge in [0, 0.05) is 13.1 Å². The van der Waals surface area contributed by atoms with Gasteiger partial charge in [-0.2, -0.15) is 9.57 Å². The molecule has 2 aliphatic heterocycles. The Labute approximate surface area is 131 Å². The topological polar surface area (TPSA) is 73.2 Å². The number of rotatable bonds is 2. The number of aryl methyl sites for hydroxylation is 1. The monoisotopic (exact) mass is 327 g/mol. The lowest BCUT2D eigenvalue weighted by Gasteiger charge is -2.19. The molecule has 2 saturated heterocycles. The van der Waals surface area contributed by atoms with Crippen molar-refractivity contribution in [2.24, 2.45) is 11.8 Å². The summed E-state index contributed by atoms with van der Waals surface area (Å²) in [5.74, 6) is 0.841. The Morgan fingerprint density at radius 3 is 2.48 bits per heavy atom. The summed E-state index contributed by atoms with van der Waals surface area (Å²) in [7, 11) is -3.49. The number of hydrogen-bond donors (Lipinski definition) is 1. The first kappa shape index (κ1) is 16.2. The predicted octanol–water partition coefficient (Wildman–Crippen LogP) is 1.13. The highest BCUT2D eigenvalue weighted by Crippen LogP contribution is 2.31. The van der Waals surface area contributed by atoms with Crippen molar-refractivity contribution in [2.45, 2.75) is 11.8 Å². The number of hydrogen-bond acceptors (Lipinski definition) is 4.